The second-order valence-electron chi connectivity index (χ2n) is 4.89. The Labute approximate surface area is 81.6 Å². The van der Waals surface area contributed by atoms with Crippen molar-refractivity contribution in [3.63, 3.8) is 0 Å². The summed E-state index contributed by atoms with van der Waals surface area (Å²) in [4.78, 5) is 0. The van der Waals surface area contributed by atoms with Crippen LogP contribution in [0.3, 0.4) is 0 Å². The molecule has 0 unspecified atom stereocenters. The molecule has 0 radical (unpaired) electrons. The molecule has 0 amide bonds. The second-order valence-corrected chi connectivity index (χ2v) is 4.89. The van der Waals surface area contributed by atoms with Gasteiger partial charge >= 0.3 is 0 Å². The van der Waals surface area contributed by atoms with E-state index in [1.807, 2.05) is 13.8 Å². The normalized spacial score (nSPS) is 13.4. The lowest BCUT2D eigenvalue weighted by molar-refractivity contribution is -0.222. The van der Waals surface area contributed by atoms with E-state index >= 15 is 0 Å². The molecule has 0 saturated heterocycles. The van der Waals surface area contributed by atoms with Gasteiger partial charge in [0.05, 0.1) is 13.2 Å². The largest absolute Gasteiger partial charge is 0.350 e. The molecule has 0 bridgehead atoms. The van der Waals surface area contributed by atoms with E-state index in [4.69, 9.17) is 15.2 Å². The van der Waals surface area contributed by atoms with Gasteiger partial charge in [0.15, 0.2) is 5.79 Å². The lowest BCUT2D eigenvalue weighted by Crippen LogP contribution is -2.34. The van der Waals surface area contributed by atoms with Crippen molar-refractivity contribution in [2.24, 2.45) is 11.1 Å². The maximum absolute atomic E-state index is 5.62. The van der Waals surface area contributed by atoms with Gasteiger partial charge in [0, 0.05) is 6.54 Å². The molecule has 0 aliphatic heterocycles. The van der Waals surface area contributed by atoms with Crippen LogP contribution in [0.2, 0.25) is 0 Å². The first kappa shape index (κ1) is 12.9. The Morgan fingerprint density at radius 3 is 1.92 bits per heavy atom. The van der Waals surface area contributed by atoms with Crippen molar-refractivity contribution in [3.05, 3.63) is 0 Å². The molecule has 0 spiro atoms. The summed E-state index contributed by atoms with van der Waals surface area (Å²) >= 11 is 0. The number of hydrogen-bond acceptors (Lipinski definition) is 3. The minimum atomic E-state index is -0.521. The standard InChI is InChI=1S/C10H23NO2/c1-9(2,3)8-13-10(4,5)12-7-6-11/h6-8,11H2,1-5H3. The third-order valence-corrected chi connectivity index (χ3v) is 1.42. The molecule has 0 saturated carbocycles. The van der Waals surface area contributed by atoms with E-state index in [0.29, 0.717) is 19.8 Å². The quantitative estimate of drug-likeness (QED) is 0.670. The first-order chi connectivity index (χ1) is 5.77. The van der Waals surface area contributed by atoms with Crippen LogP contribution in [0, 0.1) is 5.41 Å². The molecule has 0 fully saturated rings. The first-order valence-corrected chi connectivity index (χ1v) is 4.75. The van der Waals surface area contributed by atoms with Crippen LogP contribution in [0.4, 0.5) is 0 Å². The van der Waals surface area contributed by atoms with Crippen molar-refractivity contribution in [1.29, 1.82) is 0 Å². The van der Waals surface area contributed by atoms with Gasteiger partial charge in [-0.1, -0.05) is 20.8 Å². The molecule has 3 heteroatoms. The molecule has 13 heavy (non-hydrogen) atoms. The third kappa shape index (κ3) is 8.22. The van der Waals surface area contributed by atoms with Crippen molar-refractivity contribution >= 4 is 0 Å². The van der Waals surface area contributed by atoms with E-state index in [2.05, 4.69) is 20.8 Å². The second kappa shape index (κ2) is 4.94. The smallest absolute Gasteiger partial charge is 0.162 e. The molecule has 0 aliphatic carbocycles. The van der Waals surface area contributed by atoms with Gasteiger partial charge in [-0.05, 0) is 19.3 Å². The fourth-order valence-electron chi connectivity index (χ4n) is 0.737. The molecular formula is C10H23NO2. The number of hydrogen-bond donors (Lipinski definition) is 1. The maximum atomic E-state index is 5.62. The van der Waals surface area contributed by atoms with Gasteiger partial charge in [0.25, 0.3) is 0 Å². The average molecular weight is 189 g/mol. The third-order valence-electron chi connectivity index (χ3n) is 1.42. The van der Waals surface area contributed by atoms with Crippen molar-refractivity contribution in [3.8, 4) is 0 Å². The SMILES string of the molecule is CC(C)(C)COC(C)(C)OCCN. The van der Waals surface area contributed by atoms with Gasteiger partial charge in [-0.2, -0.15) is 0 Å². The lowest BCUT2D eigenvalue weighted by Gasteiger charge is -2.29. The van der Waals surface area contributed by atoms with Crippen molar-refractivity contribution < 1.29 is 9.47 Å². The zero-order chi connectivity index (χ0) is 10.5. The van der Waals surface area contributed by atoms with E-state index < -0.39 is 5.79 Å². The van der Waals surface area contributed by atoms with Gasteiger partial charge in [0.1, 0.15) is 0 Å². The molecule has 0 aliphatic rings. The highest BCUT2D eigenvalue weighted by Crippen LogP contribution is 2.19. The minimum absolute atomic E-state index is 0.170. The predicted molar refractivity (Wildman–Crippen MR) is 54.5 cm³/mol. The fourth-order valence-corrected chi connectivity index (χ4v) is 0.737. The fraction of sp³-hybridized carbons (Fsp3) is 1.00. The van der Waals surface area contributed by atoms with E-state index in [1.54, 1.807) is 0 Å². The summed E-state index contributed by atoms with van der Waals surface area (Å²) in [5, 5.41) is 0. The van der Waals surface area contributed by atoms with Crippen LogP contribution in [0.1, 0.15) is 34.6 Å². The molecule has 0 aromatic heterocycles. The highest BCUT2D eigenvalue weighted by Gasteiger charge is 2.22. The average Bonchev–Trinajstić information content (AvgIpc) is 1.97. The monoisotopic (exact) mass is 189 g/mol. The summed E-state index contributed by atoms with van der Waals surface area (Å²) in [6, 6.07) is 0. The Morgan fingerprint density at radius 1 is 1.00 bits per heavy atom. The van der Waals surface area contributed by atoms with Gasteiger partial charge in [-0.15, -0.1) is 0 Å². The zero-order valence-corrected chi connectivity index (χ0v) is 9.52. The van der Waals surface area contributed by atoms with E-state index in [0.717, 1.165) is 0 Å². The Balaban J connectivity index is 3.75. The summed E-state index contributed by atoms with van der Waals surface area (Å²) in [7, 11) is 0. The van der Waals surface area contributed by atoms with Crippen LogP contribution in [0.25, 0.3) is 0 Å². The van der Waals surface area contributed by atoms with E-state index in [1.165, 1.54) is 0 Å². The van der Waals surface area contributed by atoms with Crippen molar-refractivity contribution in [1.82, 2.24) is 0 Å². The first-order valence-electron chi connectivity index (χ1n) is 4.75. The molecule has 0 atom stereocenters. The van der Waals surface area contributed by atoms with Gasteiger partial charge in [-0.25, -0.2) is 0 Å². The Kier molecular flexibility index (Phi) is 4.89. The van der Waals surface area contributed by atoms with Crippen LogP contribution in [-0.2, 0) is 9.47 Å². The van der Waals surface area contributed by atoms with Gasteiger partial charge in [0.2, 0.25) is 0 Å². The number of nitrogens with two attached hydrogens (primary N) is 1. The van der Waals surface area contributed by atoms with Gasteiger partial charge in [-0.3, -0.25) is 0 Å². The van der Waals surface area contributed by atoms with Crippen LogP contribution < -0.4 is 5.73 Å². The Morgan fingerprint density at radius 2 is 1.54 bits per heavy atom. The van der Waals surface area contributed by atoms with Crippen molar-refractivity contribution in [2.75, 3.05) is 19.8 Å². The topological polar surface area (TPSA) is 44.5 Å². The lowest BCUT2D eigenvalue weighted by atomic mass is 9.98. The van der Waals surface area contributed by atoms with Crippen molar-refractivity contribution in [2.45, 2.75) is 40.4 Å². The maximum Gasteiger partial charge on any atom is 0.162 e. The summed E-state index contributed by atoms with van der Waals surface area (Å²) in [5.41, 5.74) is 5.51. The van der Waals surface area contributed by atoms with Gasteiger partial charge < -0.3 is 15.2 Å². The predicted octanol–water partition coefficient (Wildman–Crippen LogP) is 1.76. The summed E-state index contributed by atoms with van der Waals surface area (Å²) in [5.74, 6) is -0.521. The number of rotatable bonds is 5. The molecule has 0 aromatic rings. The minimum Gasteiger partial charge on any atom is -0.350 e. The van der Waals surface area contributed by atoms with E-state index in [9.17, 15) is 0 Å². The summed E-state index contributed by atoms with van der Waals surface area (Å²) < 4.78 is 11.0. The number of ether oxygens (including phenoxy) is 2. The summed E-state index contributed by atoms with van der Waals surface area (Å²) in [6.45, 7) is 12.0. The van der Waals surface area contributed by atoms with Crippen LogP contribution in [-0.4, -0.2) is 25.5 Å². The summed E-state index contributed by atoms with van der Waals surface area (Å²) in [6.07, 6.45) is 0. The molecule has 0 rings (SSSR count). The Bertz CT molecular complexity index is 138. The van der Waals surface area contributed by atoms with Crippen LogP contribution in [0.5, 0.6) is 0 Å². The zero-order valence-electron chi connectivity index (χ0n) is 9.52. The molecular weight excluding hydrogens is 166 g/mol. The Hall–Kier alpha value is -0.120. The molecule has 0 heterocycles. The molecule has 80 valence electrons. The molecule has 0 aromatic carbocycles. The molecule has 3 nitrogen and oxygen atoms in total. The highest BCUT2D eigenvalue weighted by atomic mass is 16.7. The van der Waals surface area contributed by atoms with Crippen LogP contribution >= 0.6 is 0 Å². The van der Waals surface area contributed by atoms with E-state index in [-0.39, 0.29) is 5.41 Å². The highest BCUT2D eigenvalue weighted by molar-refractivity contribution is 4.63. The van der Waals surface area contributed by atoms with Crippen LogP contribution in [0.15, 0.2) is 0 Å². The molecule has 2 N–H and O–H groups in total.